The monoisotopic (exact) mass is 607 g/mol. The largest absolute Gasteiger partial charge is 0.350 e. The smallest absolute Gasteiger partial charge is 0.240 e. The minimum atomic E-state index is -0.271. The van der Waals surface area contributed by atoms with Gasteiger partial charge in [0, 0.05) is 35.1 Å². The number of nitrogens with one attached hydrogen (secondary N) is 1. The number of fused-ring (bicyclic) bond motifs is 1. The molecule has 3 heterocycles. The third-order valence-corrected chi connectivity index (χ3v) is 8.96. The van der Waals surface area contributed by atoms with Crippen LogP contribution in [-0.2, 0) is 16.1 Å². The van der Waals surface area contributed by atoms with E-state index in [2.05, 4.69) is 29.4 Å². The summed E-state index contributed by atoms with van der Waals surface area (Å²) in [5.41, 5.74) is 7.50. The van der Waals surface area contributed by atoms with E-state index >= 15 is 0 Å². The normalized spacial score (nSPS) is 14.7. The predicted molar refractivity (Wildman–Crippen MR) is 173 cm³/mol. The Labute approximate surface area is 259 Å². The van der Waals surface area contributed by atoms with Gasteiger partial charge in [-0.15, -0.1) is 11.8 Å². The Morgan fingerprint density at radius 1 is 1.00 bits per heavy atom. The molecule has 2 aromatic heterocycles. The molecule has 2 amide bonds. The highest BCUT2D eigenvalue weighted by Gasteiger charge is 2.38. The number of benzene rings is 3. The highest BCUT2D eigenvalue weighted by atomic mass is 35.5. The lowest BCUT2D eigenvalue weighted by molar-refractivity contribution is -0.123. The molecule has 0 unspecified atom stereocenters. The number of hydrogen-bond donors (Lipinski definition) is 1. The molecule has 0 saturated carbocycles. The first-order chi connectivity index (χ1) is 20.9. The second-order valence-electron chi connectivity index (χ2n) is 10.5. The van der Waals surface area contributed by atoms with Crippen molar-refractivity contribution in [3.8, 4) is 16.9 Å². The van der Waals surface area contributed by atoms with Crippen LogP contribution >= 0.6 is 23.4 Å². The molecule has 0 saturated heterocycles. The van der Waals surface area contributed by atoms with E-state index < -0.39 is 0 Å². The van der Waals surface area contributed by atoms with Gasteiger partial charge in [-0.3, -0.25) is 19.5 Å². The topological polar surface area (TPSA) is 80.1 Å². The van der Waals surface area contributed by atoms with Crippen LogP contribution in [-0.4, -0.2) is 38.9 Å². The summed E-state index contributed by atoms with van der Waals surface area (Å²) in [5.74, 6) is 0.368. The summed E-state index contributed by atoms with van der Waals surface area (Å²) < 4.78 is 1.81. The molecule has 7 nitrogen and oxygen atoms in total. The minimum absolute atomic E-state index is 0.148. The summed E-state index contributed by atoms with van der Waals surface area (Å²) in [6.07, 6.45) is 3.40. The van der Waals surface area contributed by atoms with Gasteiger partial charge in [-0.2, -0.15) is 5.10 Å². The second-order valence-corrected chi connectivity index (χ2v) is 12.0. The molecule has 0 fully saturated rings. The van der Waals surface area contributed by atoms with Crippen LogP contribution in [0.25, 0.3) is 16.9 Å². The average molecular weight is 608 g/mol. The van der Waals surface area contributed by atoms with Gasteiger partial charge in [0.05, 0.1) is 22.4 Å². The highest BCUT2D eigenvalue weighted by Crippen LogP contribution is 2.49. The Hall–Kier alpha value is -4.40. The van der Waals surface area contributed by atoms with Crippen molar-refractivity contribution in [2.45, 2.75) is 25.6 Å². The number of carbonyl (C=O) groups excluding carboxylic acids is 2. The number of carbonyl (C=O) groups is 2. The van der Waals surface area contributed by atoms with Crippen molar-refractivity contribution in [2.24, 2.45) is 0 Å². The Kier molecular flexibility index (Phi) is 8.31. The molecule has 0 spiro atoms. The van der Waals surface area contributed by atoms with Crippen molar-refractivity contribution < 1.29 is 9.59 Å². The van der Waals surface area contributed by atoms with Gasteiger partial charge in [-0.05, 0) is 60.9 Å². The molecular formula is C34H30ClN5O2S. The maximum absolute atomic E-state index is 13.9. The molecule has 1 aliphatic heterocycles. The molecule has 0 radical (unpaired) electrons. The standard InChI is InChI=1S/C34H30ClN5O2S/c1-22-9-15-27(16-10-22)40-34-31(32(38-40)25-11-13-26(35)14-12-25)33(28-8-4-3-6-23(28)2)43-21-30(42)39(34)20-29(41)37-19-24-7-5-17-36-18-24/h3-18,33H,19-21H2,1-2H3,(H,37,41)/t33-/m0/s1. The van der Waals surface area contributed by atoms with Crippen LogP contribution in [0.15, 0.2) is 97.3 Å². The molecule has 1 atom stereocenters. The molecular weight excluding hydrogens is 578 g/mol. The van der Waals surface area contributed by atoms with Crippen LogP contribution in [0, 0.1) is 13.8 Å². The highest BCUT2D eigenvalue weighted by molar-refractivity contribution is 8.00. The number of hydrogen-bond acceptors (Lipinski definition) is 5. The summed E-state index contributed by atoms with van der Waals surface area (Å²) in [6.45, 7) is 4.28. The molecule has 1 aliphatic rings. The van der Waals surface area contributed by atoms with E-state index in [1.165, 1.54) is 0 Å². The zero-order chi connectivity index (χ0) is 29.9. The van der Waals surface area contributed by atoms with Gasteiger partial charge in [0.1, 0.15) is 12.4 Å². The van der Waals surface area contributed by atoms with E-state index in [0.29, 0.717) is 17.4 Å². The van der Waals surface area contributed by atoms with E-state index in [-0.39, 0.29) is 29.4 Å². The zero-order valence-corrected chi connectivity index (χ0v) is 25.4. The third kappa shape index (κ3) is 6.07. The maximum atomic E-state index is 13.9. The molecule has 9 heteroatoms. The van der Waals surface area contributed by atoms with Crippen LogP contribution < -0.4 is 10.2 Å². The summed E-state index contributed by atoms with van der Waals surface area (Å²) >= 11 is 7.83. The van der Waals surface area contributed by atoms with Gasteiger partial charge in [0.15, 0.2) is 0 Å². The molecule has 6 rings (SSSR count). The minimum Gasteiger partial charge on any atom is -0.350 e. The van der Waals surface area contributed by atoms with E-state index in [1.807, 2.05) is 84.4 Å². The average Bonchev–Trinajstić information content (AvgIpc) is 3.34. The van der Waals surface area contributed by atoms with Gasteiger partial charge < -0.3 is 5.32 Å². The molecule has 43 heavy (non-hydrogen) atoms. The number of halogens is 1. The Morgan fingerprint density at radius 2 is 1.77 bits per heavy atom. The molecule has 0 bridgehead atoms. The summed E-state index contributed by atoms with van der Waals surface area (Å²) in [5, 5.41) is 8.53. The fourth-order valence-electron chi connectivity index (χ4n) is 5.24. The second kappa shape index (κ2) is 12.5. The Balaban J connectivity index is 1.53. The number of pyridine rings is 1. The van der Waals surface area contributed by atoms with Gasteiger partial charge in [0.2, 0.25) is 11.8 Å². The van der Waals surface area contributed by atoms with Crippen LogP contribution in [0.2, 0.25) is 5.02 Å². The number of amides is 2. The van der Waals surface area contributed by atoms with E-state index in [0.717, 1.165) is 44.8 Å². The lowest BCUT2D eigenvalue weighted by Crippen LogP contribution is -2.42. The number of rotatable bonds is 7. The quantitative estimate of drug-likeness (QED) is 0.223. The first-order valence-corrected chi connectivity index (χ1v) is 15.4. The van der Waals surface area contributed by atoms with E-state index in [4.69, 9.17) is 16.7 Å². The van der Waals surface area contributed by atoms with E-state index in [9.17, 15) is 9.59 Å². The fraction of sp³-hybridized carbons (Fsp3) is 0.176. The van der Waals surface area contributed by atoms with Crippen molar-refractivity contribution in [3.63, 3.8) is 0 Å². The summed E-state index contributed by atoms with van der Waals surface area (Å²) in [6, 6.07) is 27.5. The Morgan fingerprint density at radius 3 is 2.49 bits per heavy atom. The number of nitrogens with zero attached hydrogens (tertiary/aromatic N) is 4. The number of aryl methyl sites for hydroxylation is 2. The SMILES string of the molecule is Cc1ccc(-n2nc(-c3ccc(Cl)cc3)c3c2N(CC(=O)NCc2cccnc2)C(=O)CS[C@H]3c2ccccc2C)cc1. The zero-order valence-electron chi connectivity index (χ0n) is 23.8. The molecule has 0 aliphatic carbocycles. The number of anilines is 1. The van der Waals surface area contributed by atoms with Crippen molar-refractivity contribution in [3.05, 3.63) is 130 Å². The molecule has 1 N–H and O–H groups in total. The van der Waals surface area contributed by atoms with Crippen molar-refractivity contribution in [1.82, 2.24) is 20.1 Å². The number of aromatic nitrogens is 3. The van der Waals surface area contributed by atoms with Crippen LogP contribution in [0.5, 0.6) is 0 Å². The molecule has 5 aromatic rings. The van der Waals surface area contributed by atoms with Crippen molar-refractivity contribution in [1.29, 1.82) is 0 Å². The lowest BCUT2D eigenvalue weighted by atomic mass is 9.96. The summed E-state index contributed by atoms with van der Waals surface area (Å²) in [7, 11) is 0. The predicted octanol–water partition coefficient (Wildman–Crippen LogP) is 6.69. The summed E-state index contributed by atoms with van der Waals surface area (Å²) in [4.78, 5) is 33.0. The maximum Gasteiger partial charge on any atom is 0.240 e. The molecule has 3 aromatic carbocycles. The fourth-order valence-corrected chi connectivity index (χ4v) is 6.65. The van der Waals surface area contributed by atoms with Gasteiger partial charge >= 0.3 is 0 Å². The number of thioether (sulfide) groups is 1. The Bertz CT molecular complexity index is 1770. The molecule has 216 valence electrons. The first-order valence-electron chi connectivity index (χ1n) is 14.0. The van der Waals surface area contributed by atoms with Gasteiger partial charge in [0.25, 0.3) is 0 Å². The lowest BCUT2D eigenvalue weighted by Gasteiger charge is -2.23. The van der Waals surface area contributed by atoms with Crippen molar-refractivity contribution in [2.75, 3.05) is 17.2 Å². The van der Waals surface area contributed by atoms with Gasteiger partial charge in [-0.1, -0.05) is 71.8 Å². The van der Waals surface area contributed by atoms with Gasteiger partial charge in [-0.25, -0.2) is 4.68 Å². The third-order valence-electron chi connectivity index (χ3n) is 7.47. The van der Waals surface area contributed by atoms with Crippen LogP contribution in [0.1, 0.15) is 33.1 Å². The van der Waals surface area contributed by atoms with Crippen LogP contribution in [0.3, 0.4) is 0 Å². The first kappa shape index (κ1) is 28.7. The van der Waals surface area contributed by atoms with E-state index in [1.54, 1.807) is 29.1 Å². The van der Waals surface area contributed by atoms with Crippen LogP contribution in [0.4, 0.5) is 5.82 Å². The van der Waals surface area contributed by atoms with Crippen molar-refractivity contribution >= 4 is 41.0 Å².